The normalized spacial score (nSPS) is 39.0. The van der Waals surface area contributed by atoms with Gasteiger partial charge in [0.25, 0.3) is 0 Å². The molecule has 1 saturated carbocycles. The molecule has 1 aromatic rings. The van der Waals surface area contributed by atoms with Crippen molar-refractivity contribution in [1.82, 2.24) is 15.5 Å². The van der Waals surface area contributed by atoms with E-state index in [4.69, 9.17) is 9.51 Å². The summed E-state index contributed by atoms with van der Waals surface area (Å²) in [5, 5.41) is 7.99. The Bertz CT molecular complexity index is 474. The number of hydrogen-bond donors (Lipinski definition) is 1. The van der Waals surface area contributed by atoms with Crippen LogP contribution in [-0.4, -0.2) is 22.2 Å². The number of rotatable bonds is 4. The van der Waals surface area contributed by atoms with Gasteiger partial charge in [0.15, 0.2) is 5.82 Å². The molecule has 4 atom stereocenters. The molecule has 3 heterocycles. The van der Waals surface area contributed by atoms with Gasteiger partial charge in [-0.05, 0) is 56.8 Å². The van der Waals surface area contributed by atoms with Crippen molar-refractivity contribution in [3.8, 4) is 0 Å². The predicted octanol–water partition coefficient (Wildman–Crippen LogP) is 3.44. The van der Waals surface area contributed by atoms with Gasteiger partial charge in [-0.2, -0.15) is 4.98 Å². The first-order chi connectivity index (χ1) is 10.3. The lowest BCUT2D eigenvalue weighted by atomic mass is 9.90. The van der Waals surface area contributed by atoms with E-state index in [2.05, 4.69) is 17.4 Å². The average molecular weight is 289 g/mol. The first-order valence-electron chi connectivity index (χ1n) is 8.88. The third-order valence-corrected chi connectivity index (χ3v) is 6.00. The SMILES string of the molecule is CCC1CCC(c2noc(CC3CC4CCC(C3)N4)n2)C1. The number of nitrogens with one attached hydrogen (secondary N) is 1. The standard InChI is InChI=1S/C17H27N3O/c1-2-11-3-4-13(7-11)17-19-16(21-20-17)10-12-8-14-5-6-15(9-12)18-14/h11-15,18H,2-10H2,1H3. The molecule has 21 heavy (non-hydrogen) atoms. The molecule has 4 heteroatoms. The smallest absolute Gasteiger partial charge is 0.226 e. The quantitative estimate of drug-likeness (QED) is 0.922. The van der Waals surface area contributed by atoms with E-state index in [9.17, 15) is 0 Å². The van der Waals surface area contributed by atoms with E-state index in [-0.39, 0.29) is 0 Å². The topological polar surface area (TPSA) is 51.0 Å². The van der Waals surface area contributed by atoms with E-state index in [1.807, 2.05) is 0 Å². The second-order valence-electron chi connectivity index (χ2n) is 7.51. The fourth-order valence-corrected chi connectivity index (χ4v) is 4.79. The van der Waals surface area contributed by atoms with Crippen LogP contribution in [0, 0.1) is 11.8 Å². The monoisotopic (exact) mass is 289 g/mol. The molecule has 3 aliphatic rings. The predicted molar refractivity (Wildman–Crippen MR) is 81.0 cm³/mol. The maximum absolute atomic E-state index is 5.56. The molecule has 1 aromatic heterocycles. The van der Waals surface area contributed by atoms with Crippen LogP contribution in [0.1, 0.15) is 75.9 Å². The minimum atomic E-state index is 0.552. The van der Waals surface area contributed by atoms with Crippen LogP contribution in [0.2, 0.25) is 0 Å². The van der Waals surface area contributed by atoms with E-state index in [1.165, 1.54) is 51.4 Å². The number of piperidine rings is 1. The van der Waals surface area contributed by atoms with Crippen LogP contribution in [0.25, 0.3) is 0 Å². The van der Waals surface area contributed by atoms with Gasteiger partial charge in [-0.15, -0.1) is 0 Å². The molecule has 2 saturated heterocycles. The van der Waals surface area contributed by atoms with Crippen LogP contribution in [0.4, 0.5) is 0 Å². The first-order valence-corrected chi connectivity index (χ1v) is 8.88. The fraction of sp³-hybridized carbons (Fsp3) is 0.882. The summed E-state index contributed by atoms with van der Waals surface area (Å²) in [5.41, 5.74) is 0. The van der Waals surface area contributed by atoms with E-state index in [0.29, 0.717) is 5.92 Å². The van der Waals surface area contributed by atoms with Gasteiger partial charge < -0.3 is 9.84 Å². The largest absolute Gasteiger partial charge is 0.339 e. The summed E-state index contributed by atoms with van der Waals surface area (Å²) in [6.07, 6.45) is 11.4. The lowest BCUT2D eigenvalue weighted by Gasteiger charge is -2.28. The van der Waals surface area contributed by atoms with E-state index >= 15 is 0 Å². The van der Waals surface area contributed by atoms with Crippen LogP contribution < -0.4 is 5.32 Å². The molecule has 4 unspecified atom stereocenters. The van der Waals surface area contributed by atoms with Gasteiger partial charge >= 0.3 is 0 Å². The van der Waals surface area contributed by atoms with Gasteiger partial charge in [-0.1, -0.05) is 18.5 Å². The van der Waals surface area contributed by atoms with Gasteiger partial charge in [-0.25, -0.2) is 0 Å². The molecule has 3 fully saturated rings. The third-order valence-electron chi connectivity index (χ3n) is 6.00. The first kappa shape index (κ1) is 13.7. The Morgan fingerprint density at radius 3 is 2.57 bits per heavy atom. The Kier molecular flexibility index (Phi) is 3.74. The zero-order chi connectivity index (χ0) is 14.2. The minimum Gasteiger partial charge on any atom is -0.339 e. The second kappa shape index (κ2) is 5.71. The van der Waals surface area contributed by atoms with Crippen molar-refractivity contribution in [3.05, 3.63) is 11.7 Å². The number of aromatic nitrogens is 2. The highest BCUT2D eigenvalue weighted by atomic mass is 16.5. The zero-order valence-corrected chi connectivity index (χ0v) is 13.1. The van der Waals surface area contributed by atoms with Crippen LogP contribution >= 0.6 is 0 Å². The summed E-state index contributed by atoms with van der Waals surface area (Å²) in [4.78, 5) is 4.73. The van der Waals surface area contributed by atoms with Crippen LogP contribution in [0.5, 0.6) is 0 Å². The highest BCUT2D eigenvalue weighted by Gasteiger charge is 2.34. The lowest BCUT2D eigenvalue weighted by molar-refractivity contribution is 0.270. The van der Waals surface area contributed by atoms with Crippen molar-refractivity contribution in [2.24, 2.45) is 11.8 Å². The van der Waals surface area contributed by atoms with Crippen molar-refractivity contribution < 1.29 is 4.52 Å². The molecule has 1 aliphatic carbocycles. The molecule has 0 radical (unpaired) electrons. The maximum Gasteiger partial charge on any atom is 0.226 e. The van der Waals surface area contributed by atoms with Gasteiger partial charge in [-0.3, -0.25) is 0 Å². The summed E-state index contributed by atoms with van der Waals surface area (Å²) < 4.78 is 5.56. The lowest BCUT2D eigenvalue weighted by Crippen LogP contribution is -2.38. The summed E-state index contributed by atoms with van der Waals surface area (Å²) in [5.74, 6) is 4.03. The van der Waals surface area contributed by atoms with Crippen LogP contribution in [0.15, 0.2) is 4.52 Å². The molecule has 0 amide bonds. The summed E-state index contributed by atoms with van der Waals surface area (Å²) in [6.45, 7) is 2.29. The molecular formula is C17H27N3O. The summed E-state index contributed by atoms with van der Waals surface area (Å²) in [6, 6.07) is 1.49. The number of fused-ring (bicyclic) bond motifs is 2. The maximum atomic E-state index is 5.56. The molecule has 2 bridgehead atoms. The van der Waals surface area contributed by atoms with E-state index in [1.54, 1.807) is 0 Å². The third kappa shape index (κ3) is 2.87. The van der Waals surface area contributed by atoms with Crippen molar-refractivity contribution >= 4 is 0 Å². The van der Waals surface area contributed by atoms with Crippen molar-refractivity contribution in [2.75, 3.05) is 0 Å². The Hall–Kier alpha value is -0.900. The molecule has 0 aromatic carbocycles. The van der Waals surface area contributed by atoms with Crippen molar-refractivity contribution in [3.63, 3.8) is 0 Å². The number of hydrogen-bond acceptors (Lipinski definition) is 4. The Labute approximate surface area is 127 Å². The molecule has 4 rings (SSSR count). The van der Waals surface area contributed by atoms with Crippen LogP contribution in [0.3, 0.4) is 0 Å². The highest BCUT2D eigenvalue weighted by Crippen LogP contribution is 2.39. The second-order valence-corrected chi connectivity index (χ2v) is 7.51. The minimum absolute atomic E-state index is 0.552. The van der Waals surface area contributed by atoms with Crippen LogP contribution in [-0.2, 0) is 6.42 Å². The molecule has 1 N–H and O–H groups in total. The summed E-state index contributed by atoms with van der Waals surface area (Å²) in [7, 11) is 0. The summed E-state index contributed by atoms with van der Waals surface area (Å²) >= 11 is 0. The zero-order valence-electron chi connectivity index (χ0n) is 13.1. The molecule has 0 spiro atoms. The van der Waals surface area contributed by atoms with Crippen molar-refractivity contribution in [1.29, 1.82) is 0 Å². The molecule has 4 nitrogen and oxygen atoms in total. The Morgan fingerprint density at radius 2 is 1.86 bits per heavy atom. The Morgan fingerprint density at radius 1 is 1.05 bits per heavy atom. The van der Waals surface area contributed by atoms with Gasteiger partial charge in [0.1, 0.15) is 0 Å². The van der Waals surface area contributed by atoms with Crippen molar-refractivity contribution in [2.45, 2.75) is 82.7 Å². The average Bonchev–Trinajstić information content (AvgIpc) is 3.19. The molecule has 2 aliphatic heterocycles. The van der Waals surface area contributed by atoms with Gasteiger partial charge in [0.05, 0.1) is 0 Å². The van der Waals surface area contributed by atoms with E-state index < -0.39 is 0 Å². The van der Waals surface area contributed by atoms with Gasteiger partial charge in [0.2, 0.25) is 5.89 Å². The Balaban J connectivity index is 1.36. The molecular weight excluding hydrogens is 262 g/mol. The van der Waals surface area contributed by atoms with E-state index in [0.717, 1.165) is 42.1 Å². The fourth-order valence-electron chi connectivity index (χ4n) is 4.79. The number of nitrogens with zero attached hydrogens (tertiary/aromatic N) is 2. The molecule has 116 valence electrons. The highest BCUT2D eigenvalue weighted by molar-refractivity contribution is 5.01. The van der Waals surface area contributed by atoms with Gasteiger partial charge in [0, 0.05) is 24.4 Å².